The van der Waals surface area contributed by atoms with E-state index in [4.69, 9.17) is 0 Å². The van der Waals surface area contributed by atoms with E-state index in [-0.39, 0.29) is 11.3 Å². The zero-order valence-corrected chi connectivity index (χ0v) is 15.4. The molecule has 2 aromatic rings. The largest absolute Gasteiger partial charge is 0.379 e. The molecule has 0 aromatic heterocycles. The highest BCUT2D eigenvalue weighted by Gasteiger charge is 2.27. The Labute approximate surface area is 150 Å². The average molecular weight is 354 g/mol. The number of rotatable bonds is 4. The molecular weight excluding hydrogens is 332 g/mol. The first kappa shape index (κ1) is 17.4. The van der Waals surface area contributed by atoms with Crippen molar-refractivity contribution in [1.82, 2.24) is 5.32 Å². The molecule has 130 valence electrons. The van der Waals surface area contributed by atoms with E-state index in [1.165, 1.54) is 5.56 Å². The van der Waals surface area contributed by atoms with Gasteiger partial charge < -0.3 is 10.0 Å². The van der Waals surface area contributed by atoms with Crippen LogP contribution in [0.15, 0.2) is 54.6 Å². The number of allylic oxidation sites excluding steroid dienone is 1. The van der Waals surface area contributed by atoms with Crippen molar-refractivity contribution < 1.29 is 9.00 Å². The van der Waals surface area contributed by atoms with Crippen LogP contribution in [0.5, 0.6) is 0 Å². The van der Waals surface area contributed by atoms with Crippen LogP contribution in [0.2, 0.25) is 0 Å². The van der Waals surface area contributed by atoms with Crippen molar-refractivity contribution in [1.29, 1.82) is 0 Å². The first-order valence-electron chi connectivity index (χ1n) is 8.17. The van der Waals surface area contributed by atoms with Gasteiger partial charge in [0.2, 0.25) is 0 Å². The Hall–Kier alpha value is -2.40. The maximum Gasteiger partial charge on any atom is 0.187 e. The van der Waals surface area contributed by atoms with Crippen LogP contribution in [0, 0.1) is 0 Å². The van der Waals surface area contributed by atoms with Crippen LogP contribution in [-0.4, -0.2) is 21.8 Å². The molecule has 0 fully saturated rings. The minimum atomic E-state index is -1.17. The zero-order valence-electron chi connectivity index (χ0n) is 14.6. The Kier molecular flexibility index (Phi) is 4.77. The van der Waals surface area contributed by atoms with Gasteiger partial charge in [-0.05, 0) is 38.0 Å². The lowest BCUT2D eigenvalue weighted by Crippen LogP contribution is -2.43. The topological polar surface area (TPSA) is 58.2 Å². The summed E-state index contributed by atoms with van der Waals surface area (Å²) in [6, 6.07) is 15.2. The van der Waals surface area contributed by atoms with E-state index in [1.54, 1.807) is 36.6 Å². The Bertz CT molecular complexity index is 872. The van der Waals surface area contributed by atoms with Crippen LogP contribution in [0.3, 0.4) is 0 Å². The lowest BCUT2D eigenvalue weighted by Gasteiger charge is -2.35. The lowest BCUT2D eigenvalue weighted by molar-refractivity contribution is 0.104. The Morgan fingerprint density at radius 1 is 1.20 bits per heavy atom. The molecule has 2 N–H and O–H groups in total. The van der Waals surface area contributed by atoms with Gasteiger partial charge in [0.15, 0.2) is 5.78 Å². The molecule has 5 heteroatoms. The molecule has 0 aliphatic carbocycles. The number of anilines is 1. The van der Waals surface area contributed by atoms with Crippen LogP contribution in [-0.2, 0) is 17.4 Å². The number of carbonyl (C=O) groups excluding carboxylic acids is 1. The summed E-state index contributed by atoms with van der Waals surface area (Å²) in [4.78, 5) is 12.8. The Morgan fingerprint density at radius 3 is 2.72 bits per heavy atom. The number of carbonyl (C=O) groups is 1. The number of nitrogens with one attached hydrogen (secondary N) is 2. The molecule has 0 saturated heterocycles. The molecule has 0 bridgehead atoms. The minimum Gasteiger partial charge on any atom is -0.379 e. The molecule has 2 aromatic carbocycles. The summed E-state index contributed by atoms with van der Waals surface area (Å²) < 4.78 is 14.1. The van der Waals surface area contributed by atoms with Crippen molar-refractivity contribution in [2.45, 2.75) is 25.8 Å². The molecule has 1 atom stereocenters. The van der Waals surface area contributed by atoms with Crippen molar-refractivity contribution in [3.63, 3.8) is 0 Å². The summed E-state index contributed by atoms with van der Waals surface area (Å²) in [6.45, 7) is 4.25. The van der Waals surface area contributed by atoms with Gasteiger partial charge in [-0.25, -0.2) is 4.21 Å². The van der Waals surface area contributed by atoms with Crippen molar-refractivity contribution in [3.05, 3.63) is 71.3 Å². The van der Waals surface area contributed by atoms with Gasteiger partial charge in [-0.3, -0.25) is 4.79 Å². The highest BCUT2D eigenvalue weighted by Crippen LogP contribution is 2.29. The maximum absolute atomic E-state index is 12.8. The average Bonchev–Trinajstić information content (AvgIpc) is 2.53. The van der Waals surface area contributed by atoms with Crippen LogP contribution >= 0.6 is 0 Å². The normalized spacial score (nSPS) is 18.1. The van der Waals surface area contributed by atoms with Crippen LogP contribution in [0.25, 0.3) is 5.70 Å². The van der Waals surface area contributed by atoms with E-state index in [0.717, 1.165) is 17.7 Å². The second kappa shape index (κ2) is 6.84. The van der Waals surface area contributed by atoms with E-state index < -0.39 is 11.0 Å². The third kappa shape index (κ3) is 4.17. The molecule has 1 aliphatic heterocycles. The van der Waals surface area contributed by atoms with E-state index in [1.807, 2.05) is 18.2 Å². The van der Waals surface area contributed by atoms with E-state index in [0.29, 0.717) is 11.3 Å². The number of hydrogen-bond donors (Lipinski definition) is 2. The highest BCUT2D eigenvalue weighted by atomic mass is 32.2. The molecule has 25 heavy (non-hydrogen) atoms. The second-order valence-corrected chi connectivity index (χ2v) is 8.01. The van der Waals surface area contributed by atoms with Crippen LogP contribution < -0.4 is 10.0 Å². The Balaban J connectivity index is 1.95. The molecule has 0 saturated carbocycles. The summed E-state index contributed by atoms with van der Waals surface area (Å²) in [5.41, 5.74) is 4.27. The fraction of sp³-hybridized carbons (Fsp3) is 0.250. The van der Waals surface area contributed by atoms with E-state index in [2.05, 4.69) is 30.0 Å². The molecule has 0 radical (unpaired) electrons. The molecule has 4 nitrogen and oxygen atoms in total. The summed E-state index contributed by atoms with van der Waals surface area (Å²) in [7, 11) is -1.17. The van der Waals surface area contributed by atoms with Crippen LogP contribution in [0.1, 0.15) is 35.3 Å². The quantitative estimate of drug-likeness (QED) is 0.652. The zero-order chi connectivity index (χ0) is 18.0. The lowest BCUT2D eigenvalue weighted by atomic mass is 9.85. The number of fused-ring (bicyclic) bond motifs is 1. The SMILES string of the molecule is CS(=O)Nc1cccc(C(=O)/C=C2\NC(C)(C)Cc3ccccc32)c1. The first-order chi connectivity index (χ1) is 11.8. The summed E-state index contributed by atoms with van der Waals surface area (Å²) in [5, 5.41) is 3.47. The summed E-state index contributed by atoms with van der Waals surface area (Å²) in [6.07, 6.45) is 4.12. The van der Waals surface area contributed by atoms with Gasteiger partial charge in [-0.2, -0.15) is 0 Å². The van der Waals surface area contributed by atoms with Crippen LogP contribution in [0.4, 0.5) is 5.69 Å². The van der Waals surface area contributed by atoms with Gasteiger partial charge in [0.05, 0.1) is 0 Å². The molecule has 0 spiro atoms. The highest BCUT2D eigenvalue weighted by molar-refractivity contribution is 7.85. The first-order valence-corrected chi connectivity index (χ1v) is 9.72. The number of benzene rings is 2. The van der Waals surface area contributed by atoms with Gasteiger partial charge in [0, 0.05) is 40.4 Å². The van der Waals surface area contributed by atoms with Gasteiger partial charge in [0.25, 0.3) is 0 Å². The fourth-order valence-electron chi connectivity index (χ4n) is 3.12. The number of hydrogen-bond acceptors (Lipinski definition) is 3. The molecule has 0 amide bonds. The second-order valence-electron chi connectivity index (χ2n) is 6.90. The predicted octanol–water partition coefficient (Wildman–Crippen LogP) is 3.54. The molecule has 3 rings (SSSR count). The molecule has 1 heterocycles. The molecule has 1 unspecified atom stereocenters. The predicted molar refractivity (Wildman–Crippen MR) is 104 cm³/mol. The standard InChI is InChI=1S/C20H22N2O2S/c1-20(2)13-15-7-4-5-10-17(15)18(21-20)12-19(23)14-8-6-9-16(11-14)22-25(3)24/h4-12,21-22H,13H2,1-3H3/b18-12-. The van der Waals surface area contributed by atoms with Gasteiger partial charge in [-0.1, -0.05) is 36.4 Å². The Morgan fingerprint density at radius 2 is 1.96 bits per heavy atom. The van der Waals surface area contributed by atoms with Gasteiger partial charge >= 0.3 is 0 Å². The van der Waals surface area contributed by atoms with Gasteiger partial charge in [0.1, 0.15) is 11.0 Å². The van der Waals surface area contributed by atoms with Crippen molar-refractivity contribution in [2.24, 2.45) is 0 Å². The van der Waals surface area contributed by atoms with Crippen molar-refractivity contribution in [2.75, 3.05) is 11.0 Å². The van der Waals surface area contributed by atoms with Gasteiger partial charge in [-0.15, -0.1) is 0 Å². The third-order valence-electron chi connectivity index (χ3n) is 4.10. The maximum atomic E-state index is 12.8. The van der Waals surface area contributed by atoms with E-state index in [9.17, 15) is 9.00 Å². The monoisotopic (exact) mass is 354 g/mol. The summed E-state index contributed by atoms with van der Waals surface area (Å²) in [5.74, 6) is -0.0828. The fourth-order valence-corrected chi connectivity index (χ4v) is 3.58. The van der Waals surface area contributed by atoms with Crippen molar-refractivity contribution >= 4 is 28.2 Å². The summed E-state index contributed by atoms with van der Waals surface area (Å²) >= 11 is 0. The minimum absolute atomic E-state index is 0.0828. The molecular formula is C20H22N2O2S. The third-order valence-corrected chi connectivity index (χ3v) is 4.62. The van der Waals surface area contributed by atoms with E-state index >= 15 is 0 Å². The number of ketones is 1. The molecule has 1 aliphatic rings. The smallest absolute Gasteiger partial charge is 0.187 e. The van der Waals surface area contributed by atoms with Crippen molar-refractivity contribution in [3.8, 4) is 0 Å².